The van der Waals surface area contributed by atoms with Crippen molar-refractivity contribution in [1.82, 2.24) is 14.5 Å². The molecule has 3 aromatic carbocycles. The van der Waals surface area contributed by atoms with Crippen LogP contribution >= 0.6 is 0 Å². The summed E-state index contributed by atoms with van der Waals surface area (Å²) in [5.41, 5.74) is 2.78. The number of aryl methyl sites for hydroxylation is 1. The third-order valence-corrected chi connectivity index (χ3v) is 9.60. The maximum atomic E-state index is 13.9. The van der Waals surface area contributed by atoms with Gasteiger partial charge in [0.05, 0.1) is 4.90 Å². The Balaban J connectivity index is 1.50. The van der Waals surface area contributed by atoms with Gasteiger partial charge in [-0.25, -0.2) is 8.42 Å². The van der Waals surface area contributed by atoms with Gasteiger partial charge in [-0.15, -0.1) is 0 Å². The average molecular weight is 606 g/mol. The van der Waals surface area contributed by atoms with Crippen LogP contribution in [0, 0.1) is 0 Å². The quantitative estimate of drug-likeness (QED) is 0.241. The summed E-state index contributed by atoms with van der Waals surface area (Å²) < 4.78 is 32.8. The van der Waals surface area contributed by atoms with E-state index in [-0.39, 0.29) is 23.1 Å². The summed E-state index contributed by atoms with van der Waals surface area (Å²) in [6.45, 7) is 5.00. The first-order valence-electron chi connectivity index (χ1n) is 15.2. The van der Waals surface area contributed by atoms with Gasteiger partial charge in [-0.1, -0.05) is 72.8 Å². The lowest BCUT2D eigenvalue weighted by Crippen LogP contribution is -2.50. The summed E-state index contributed by atoms with van der Waals surface area (Å²) >= 11 is 0. The van der Waals surface area contributed by atoms with Gasteiger partial charge in [0, 0.05) is 52.2 Å². The smallest absolute Gasteiger partial charge is 0.243 e. The zero-order valence-electron chi connectivity index (χ0n) is 25.0. The van der Waals surface area contributed by atoms with E-state index in [0.29, 0.717) is 58.7 Å². The monoisotopic (exact) mass is 605 g/mol. The Morgan fingerprint density at radius 2 is 1.51 bits per heavy atom. The second-order valence-electron chi connectivity index (χ2n) is 10.8. The molecule has 0 radical (unpaired) electrons. The van der Waals surface area contributed by atoms with Crippen molar-refractivity contribution in [3.05, 3.63) is 102 Å². The predicted octanol–water partition coefficient (Wildman–Crippen LogP) is 4.59. The molecule has 0 aromatic heterocycles. The van der Waals surface area contributed by atoms with Gasteiger partial charge in [-0.2, -0.15) is 4.31 Å². The number of carbonyl (C=O) groups excluding carboxylic acids is 2. The number of hydrogen-bond donors (Lipinski definition) is 1. The number of rotatable bonds is 16. The van der Waals surface area contributed by atoms with Crippen LogP contribution in [-0.2, 0) is 43.7 Å². The maximum Gasteiger partial charge on any atom is 0.243 e. The molecule has 1 N–H and O–H groups in total. The molecule has 230 valence electrons. The fraction of sp³-hybridized carbons (Fsp3) is 0.412. The number of sulfonamides is 1. The van der Waals surface area contributed by atoms with Crippen LogP contribution in [0.25, 0.3) is 0 Å². The molecule has 4 rings (SSSR count). The molecular formula is C34H43N3O5S. The Labute approximate surface area is 256 Å². The molecular weight excluding hydrogens is 562 g/mol. The van der Waals surface area contributed by atoms with Crippen molar-refractivity contribution in [2.24, 2.45) is 0 Å². The molecule has 0 aliphatic carbocycles. The highest BCUT2D eigenvalue weighted by molar-refractivity contribution is 7.89. The van der Waals surface area contributed by atoms with Crippen molar-refractivity contribution in [2.45, 2.75) is 62.9 Å². The second-order valence-corrected chi connectivity index (χ2v) is 12.7. The van der Waals surface area contributed by atoms with E-state index in [0.717, 1.165) is 29.5 Å². The summed E-state index contributed by atoms with van der Waals surface area (Å²) in [6.07, 6.45) is 3.47. The molecule has 1 aliphatic heterocycles. The normalized spacial score (nSPS) is 14.3. The van der Waals surface area contributed by atoms with E-state index < -0.39 is 16.1 Å². The van der Waals surface area contributed by atoms with Gasteiger partial charge in [0.25, 0.3) is 0 Å². The summed E-state index contributed by atoms with van der Waals surface area (Å²) in [6, 6.07) is 25.6. The number of ether oxygens (including phenoxy) is 1. The highest BCUT2D eigenvalue weighted by atomic mass is 32.2. The predicted molar refractivity (Wildman–Crippen MR) is 168 cm³/mol. The first-order chi connectivity index (χ1) is 20.9. The number of hydrogen-bond acceptors (Lipinski definition) is 5. The molecule has 0 saturated carbocycles. The minimum Gasteiger partial charge on any atom is -0.382 e. The van der Waals surface area contributed by atoms with Gasteiger partial charge in [-0.05, 0) is 61.4 Å². The number of carbonyl (C=O) groups is 2. The Kier molecular flexibility index (Phi) is 12.3. The van der Waals surface area contributed by atoms with E-state index in [1.54, 1.807) is 29.2 Å². The van der Waals surface area contributed by atoms with E-state index in [4.69, 9.17) is 4.74 Å². The van der Waals surface area contributed by atoms with Gasteiger partial charge in [0.2, 0.25) is 21.8 Å². The van der Waals surface area contributed by atoms with E-state index in [1.165, 1.54) is 4.31 Å². The van der Waals surface area contributed by atoms with Gasteiger partial charge in [0.1, 0.15) is 6.04 Å². The first kappa shape index (κ1) is 32.4. The standard InChI is InChI=1S/C34H43N3O5S/c1-2-42-25-11-22-35-34(39)32(26-29-12-5-3-6-13-29)37(27-30-14-7-4-8-15-30)33(38)21-18-28-16-19-31(20-17-28)43(40,41)36-23-9-10-24-36/h3-8,12-17,19-20,32H,2,9-11,18,21-27H2,1H3,(H,35,39). The van der Waals surface area contributed by atoms with Crippen molar-refractivity contribution < 1.29 is 22.7 Å². The third kappa shape index (κ3) is 9.48. The fourth-order valence-corrected chi connectivity index (χ4v) is 6.80. The van der Waals surface area contributed by atoms with Crippen LogP contribution in [0.2, 0.25) is 0 Å². The molecule has 9 heteroatoms. The minimum absolute atomic E-state index is 0.136. The Morgan fingerprint density at radius 3 is 2.14 bits per heavy atom. The van der Waals surface area contributed by atoms with Crippen LogP contribution < -0.4 is 5.32 Å². The zero-order chi connectivity index (χ0) is 30.5. The molecule has 8 nitrogen and oxygen atoms in total. The van der Waals surface area contributed by atoms with E-state index in [2.05, 4.69) is 5.32 Å². The van der Waals surface area contributed by atoms with Gasteiger partial charge in [0.15, 0.2) is 0 Å². The Bertz CT molecular complexity index is 1390. The van der Waals surface area contributed by atoms with Crippen LogP contribution in [0.4, 0.5) is 0 Å². The van der Waals surface area contributed by atoms with Crippen LogP contribution in [0.3, 0.4) is 0 Å². The second kappa shape index (κ2) is 16.4. The molecule has 1 unspecified atom stereocenters. The van der Waals surface area contributed by atoms with Gasteiger partial charge in [-0.3, -0.25) is 9.59 Å². The number of nitrogens with one attached hydrogen (secondary N) is 1. The van der Waals surface area contributed by atoms with Crippen LogP contribution in [0.5, 0.6) is 0 Å². The molecule has 1 heterocycles. The molecule has 1 fully saturated rings. The van der Waals surface area contributed by atoms with Crippen LogP contribution in [-0.4, -0.2) is 68.3 Å². The summed E-state index contributed by atoms with van der Waals surface area (Å²) in [5.74, 6) is -0.330. The Morgan fingerprint density at radius 1 is 0.884 bits per heavy atom. The molecule has 43 heavy (non-hydrogen) atoms. The van der Waals surface area contributed by atoms with Crippen LogP contribution in [0.15, 0.2) is 89.8 Å². The summed E-state index contributed by atoms with van der Waals surface area (Å²) in [7, 11) is -3.49. The molecule has 1 saturated heterocycles. The highest BCUT2D eigenvalue weighted by Crippen LogP contribution is 2.22. The fourth-order valence-electron chi connectivity index (χ4n) is 5.28. The molecule has 3 aromatic rings. The van der Waals surface area contributed by atoms with E-state index in [9.17, 15) is 18.0 Å². The van der Waals surface area contributed by atoms with Crippen molar-refractivity contribution in [3.8, 4) is 0 Å². The number of amides is 2. The topological polar surface area (TPSA) is 96.0 Å². The molecule has 0 spiro atoms. The number of nitrogens with zero attached hydrogens (tertiary/aromatic N) is 2. The van der Waals surface area contributed by atoms with Crippen molar-refractivity contribution >= 4 is 21.8 Å². The largest absolute Gasteiger partial charge is 0.382 e. The summed E-state index contributed by atoms with van der Waals surface area (Å²) in [4.78, 5) is 29.5. The average Bonchev–Trinajstić information content (AvgIpc) is 3.59. The zero-order valence-corrected chi connectivity index (χ0v) is 25.8. The molecule has 2 amide bonds. The molecule has 1 atom stereocenters. The number of benzene rings is 3. The third-order valence-electron chi connectivity index (χ3n) is 7.69. The molecule has 1 aliphatic rings. The van der Waals surface area contributed by atoms with Crippen LogP contribution in [0.1, 0.15) is 49.3 Å². The maximum absolute atomic E-state index is 13.9. The van der Waals surface area contributed by atoms with E-state index in [1.807, 2.05) is 67.6 Å². The van der Waals surface area contributed by atoms with Crippen molar-refractivity contribution in [3.63, 3.8) is 0 Å². The minimum atomic E-state index is -3.49. The lowest BCUT2D eigenvalue weighted by atomic mass is 10.0. The lowest BCUT2D eigenvalue weighted by Gasteiger charge is -2.31. The Hall–Kier alpha value is -3.53. The van der Waals surface area contributed by atoms with Gasteiger partial charge < -0.3 is 15.0 Å². The van der Waals surface area contributed by atoms with Gasteiger partial charge >= 0.3 is 0 Å². The van der Waals surface area contributed by atoms with E-state index >= 15 is 0 Å². The molecule has 0 bridgehead atoms. The first-order valence-corrected chi connectivity index (χ1v) is 16.6. The SMILES string of the molecule is CCOCCCNC(=O)C(Cc1ccccc1)N(Cc1ccccc1)C(=O)CCc1ccc(S(=O)(=O)N2CCCC2)cc1. The van der Waals surface area contributed by atoms with Crippen molar-refractivity contribution in [1.29, 1.82) is 0 Å². The summed E-state index contributed by atoms with van der Waals surface area (Å²) in [5, 5.41) is 3.03. The lowest BCUT2D eigenvalue weighted by molar-refractivity contribution is -0.141. The highest BCUT2D eigenvalue weighted by Gasteiger charge is 2.30. The van der Waals surface area contributed by atoms with Crippen molar-refractivity contribution in [2.75, 3.05) is 32.8 Å².